The molecule has 0 aliphatic heterocycles. The molecule has 0 saturated heterocycles. The predicted molar refractivity (Wildman–Crippen MR) is 82.7 cm³/mol. The summed E-state index contributed by atoms with van der Waals surface area (Å²) in [6.07, 6.45) is 1.22. The van der Waals surface area contributed by atoms with E-state index in [4.69, 9.17) is 4.74 Å². The van der Waals surface area contributed by atoms with Gasteiger partial charge in [0.25, 0.3) is 0 Å². The quantitative estimate of drug-likeness (QED) is 0.625. The number of hydrogen-bond acceptors (Lipinski definition) is 6. The van der Waals surface area contributed by atoms with Crippen molar-refractivity contribution in [1.29, 1.82) is 0 Å². The predicted octanol–water partition coefficient (Wildman–Crippen LogP) is 2.10. The fourth-order valence-corrected chi connectivity index (χ4v) is 2.15. The van der Waals surface area contributed by atoms with Crippen LogP contribution in [0.1, 0.15) is 24.2 Å². The van der Waals surface area contributed by atoms with Gasteiger partial charge in [0.1, 0.15) is 6.33 Å². The minimum atomic E-state index is -0.381. The zero-order valence-corrected chi connectivity index (χ0v) is 13.0. The van der Waals surface area contributed by atoms with Crippen LogP contribution in [0.4, 0.5) is 5.69 Å². The van der Waals surface area contributed by atoms with Gasteiger partial charge in [-0.15, -0.1) is 0 Å². The van der Waals surface area contributed by atoms with E-state index in [1.165, 1.54) is 18.1 Å². The van der Waals surface area contributed by atoms with Crippen LogP contribution in [0.3, 0.4) is 0 Å². The highest BCUT2D eigenvalue weighted by atomic mass is 32.2. The van der Waals surface area contributed by atoms with Crippen LogP contribution >= 0.6 is 11.8 Å². The van der Waals surface area contributed by atoms with E-state index in [1.807, 2.05) is 0 Å². The molecule has 0 aliphatic carbocycles. The lowest BCUT2D eigenvalue weighted by Crippen LogP contribution is -2.15. The number of aromatic amines is 1. The van der Waals surface area contributed by atoms with E-state index in [1.54, 1.807) is 38.1 Å². The first kappa shape index (κ1) is 16.0. The van der Waals surface area contributed by atoms with Gasteiger partial charge in [-0.3, -0.25) is 9.89 Å². The average Bonchev–Trinajstić information content (AvgIpc) is 2.98. The van der Waals surface area contributed by atoms with Crippen LogP contribution in [0.25, 0.3) is 0 Å². The molecule has 22 heavy (non-hydrogen) atoms. The first-order chi connectivity index (χ1) is 10.5. The van der Waals surface area contributed by atoms with Crippen LogP contribution < -0.4 is 5.32 Å². The number of amides is 1. The second-order valence-corrected chi connectivity index (χ2v) is 5.62. The number of benzene rings is 1. The van der Waals surface area contributed by atoms with Gasteiger partial charge in [0.05, 0.1) is 17.4 Å². The number of esters is 1. The topological polar surface area (TPSA) is 97.0 Å². The second-order valence-electron chi connectivity index (χ2n) is 4.66. The zero-order chi connectivity index (χ0) is 15.9. The molecule has 2 rings (SSSR count). The van der Waals surface area contributed by atoms with Crippen molar-refractivity contribution in [3.63, 3.8) is 0 Å². The van der Waals surface area contributed by atoms with Gasteiger partial charge in [-0.2, -0.15) is 5.10 Å². The molecule has 0 saturated carbocycles. The Hall–Kier alpha value is -2.35. The number of hydrogen-bond donors (Lipinski definition) is 2. The van der Waals surface area contributed by atoms with E-state index in [-0.39, 0.29) is 23.7 Å². The number of ether oxygens (including phenoxy) is 1. The molecule has 0 fully saturated rings. The Labute approximate surface area is 131 Å². The van der Waals surface area contributed by atoms with Crippen molar-refractivity contribution < 1.29 is 14.3 Å². The molecule has 1 amide bonds. The lowest BCUT2D eigenvalue weighted by Gasteiger charge is -2.08. The molecule has 8 heteroatoms. The van der Waals surface area contributed by atoms with E-state index < -0.39 is 0 Å². The second kappa shape index (κ2) is 7.60. The maximum absolute atomic E-state index is 11.8. The standard InChI is InChI=1S/C14H16N4O3S/c1-9(2)21-13(20)10-3-5-11(6-4-10)17-12(19)7-22-14-15-8-16-18-14/h3-6,8-9H,7H2,1-2H3,(H,17,19)(H,15,16,18). The maximum atomic E-state index is 11.8. The summed E-state index contributed by atoms with van der Waals surface area (Å²) in [6, 6.07) is 6.55. The Morgan fingerprint density at radius 1 is 1.32 bits per heavy atom. The van der Waals surface area contributed by atoms with Crippen molar-refractivity contribution in [1.82, 2.24) is 15.2 Å². The number of carbonyl (C=O) groups excluding carboxylic acids is 2. The van der Waals surface area contributed by atoms with Crippen LogP contribution in [-0.4, -0.2) is 38.9 Å². The summed E-state index contributed by atoms with van der Waals surface area (Å²) >= 11 is 1.25. The molecule has 0 radical (unpaired) electrons. The first-order valence-electron chi connectivity index (χ1n) is 6.63. The number of carbonyl (C=O) groups is 2. The van der Waals surface area contributed by atoms with E-state index in [0.717, 1.165) is 0 Å². The van der Waals surface area contributed by atoms with Gasteiger partial charge in [0, 0.05) is 5.69 Å². The normalized spacial score (nSPS) is 10.5. The van der Waals surface area contributed by atoms with Gasteiger partial charge in [0.2, 0.25) is 5.91 Å². The van der Waals surface area contributed by atoms with Crippen LogP contribution in [0.5, 0.6) is 0 Å². The van der Waals surface area contributed by atoms with E-state index in [2.05, 4.69) is 20.5 Å². The van der Waals surface area contributed by atoms with Gasteiger partial charge in [-0.1, -0.05) is 11.8 Å². The molecule has 0 aliphatic rings. The van der Waals surface area contributed by atoms with Crippen molar-refractivity contribution in [3.8, 4) is 0 Å². The minimum Gasteiger partial charge on any atom is -0.459 e. The van der Waals surface area contributed by atoms with Gasteiger partial charge in [-0.05, 0) is 38.1 Å². The third-order valence-corrected chi connectivity index (χ3v) is 3.36. The Morgan fingerprint density at radius 2 is 2.05 bits per heavy atom. The number of nitrogens with zero attached hydrogens (tertiary/aromatic N) is 2. The Bertz CT molecular complexity index is 626. The summed E-state index contributed by atoms with van der Waals surface area (Å²) in [5.41, 5.74) is 1.06. The molecule has 0 unspecified atom stereocenters. The molecule has 1 heterocycles. The molecule has 116 valence electrons. The lowest BCUT2D eigenvalue weighted by molar-refractivity contribution is -0.113. The van der Waals surface area contributed by atoms with E-state index >= 15 is 0 Å². The largest absolute Gasteiger partial charge is 0.459 e. The van der Waals surface area contributed by atoms with Crippen molar-refractivity contribution in [2.45, 2.75) is 25.1 Å². The molecule has 2 aromatic rings. The summed E-state index contributed by atoms with van der Waals surface area (Å²) in [4.78, 5) is 27.4. The molecule has 0 atom stereocenters. The smallest absolute Gasteiger partial charge is 0.338 e. The minimum absolute atomic E-state index is 0.167. The molecule has 7 nitrogen and oxygen atoms in total. The van der Waals surface area contributed by atoms with E-state index in [9.17, 15) is 9.59 Å². The van der Waals surface area contributed by atoms with Crippen LogP contribution in [-0.2, 0) is 9.53 Å². The highest BCUT2D eigenvalue weighted by molar-refractivity contribution is 7.99. The van der Waals surface area contributed by atoms with Crippen LogP contribution in [0, 0.1) is 0 Å². The van der Waals surface area contributed by atoms with Gasteiger partial charge in [-0.25, -0.2) is 9.78 Å². The molecule has 1 aromatic heterocycles. The molecular weight excluding hydrogens is 304 g/mol. The summed E-state index contributed by atoms with van der Waals surface area (Å²) in [5, 5.41) is 9.68. The molecule has 0 spiro atoms. The summed E-state index contributed by atoms with van der Waals surface area (Å²) in [7, 11) is 0. The molecule has 0 bridgehead atoms. The number of aromatic nitrogens is 3. The van der Waals surface area contributed by atoms with Gasteiger partial charge >= 0.3 is 5.97 Å². The monoisotopic (exact) mass is 320 g/mol. The summed E-state index contributed by atoms with van der Waals surface area (Å²) < 4.78 is 5.09. The summed E-state index contributed by atoms with van der Waals surface area (Å²) in [6.45, 7) is 3.58. The Balaban J connectivity index is 1.85. The van der Waals surface area contributed by atoms with Crippen LogP contribution in [0.15, 0.2) is 35.7 Å². The number of H-pyrrole nitrogens is 1. The average molecular weight is 320 g/mol. The molecule has 1 aromatic carbocycles. The third-order valence-electron chi connectivity index (χ3n) is 2.48. The van der Waals surface area contributed by atoms with Gasteiger partial charge < -0.3 is 10.1 Å². The Morgan fingerprint density at radius 3 is 2.64 bits per heavy atom. The first-order valence-corrected chi connectivity index (χ1v) is 7.62. The van der Waals surface area contributed by atoms with Crippen LogP contribution in [0.2, 0.25) is 0 Å². The lowest BCUT2D eigenvalue weighted by atomic mass is 10.2. The van der Waals surface area contributed by atoms with Gasteiger partial charge in [0.15, 0.2) is 5.16 Å². The highest BCUT2D eigenvalue weighted by Crippen LogP contribution is 2.14. The fourth-order valence-electron chi connectivity index (χ4n) is 1.57. The summed E-state index contributed by atoms with van der Waals surface area (Å²) in [5.74, 6) is -0.334. The number of anilines is 1. The van der Waals surface area contributed by atoms with Crippen molar-refractivity contribution >= 4 is 29.3 Å². The number of nitrogens with one attached hydrogen (secondary N) is 2. The Kier molecular flexibility index (Phi) is 5.54. The maximum Gasteiger partial charge on any atom is 0.338 e. The number of thioether (sulfide) groups is 1. The zero-order valence-electron chi connectivity index (χ0n) is 12.2. The van der Waals surface area contributed by atoms with Crippen molar-refractivity contribution in [3.05, 3.63) is 36.2 Å². The van der Waals surface area contributed by atoms with Crippen molar-refractivity contribution in [2.24, 2.45) is 0 Å². The van der Waals surface area contributed by atoms with Crippen molar-refractivity contribution in [2.75, 3.05) is 11.1 Å². The SMILES string of the molecule is CC(C)OC(=O)c1ccc(NC(=O)CSc2ncn[nH]2)cc1. The fraction of sp³-hybridized carbons (Fsp3) is 0.286. The van der Waals surface area contributed by atoms with E-state index in [0.29, 0.717) is 16.4 Å². The molecule has 2 N–H and O–H groups in total. The third kappa shape index (κ3) is 4.88. The highest BCUT2D eigenvalue weighted by Gasteiger charge is 2.10. The number of rotatable bonds is 6. The molecular formula is C14H16N4O3S.